The van der Waals surface area contributed by atoms with Gasteiger partial charge in [0.05, 0.1) is 25.1 Å². The van der Waals surface area contributed by atoms with E-state index in [0.717, 1.165) is 17.0 Å². The zero-order chi connectivity index (χ0) is 17.8. The van der Waals surface area contributed by atoms with Crippen LogP contribution in [0.2, 0.25) is 0 Å². The van der Waals surface area contributed by atoms with Gasteiger partial charge in [0.25, 0.3) is 0 Å². The van der Waals surface area contributed by atoms with Crippen molar-refractivity contribution < 1.29 is 39.5 Å². The van der Waals surface area contributed by atoms with Crippen LogP contribution < -0.4 is 4.13 Å². The molecule has 2 aliphatic carbocycles. The highest BCUT2D eigenvalue weighted by Crippen LogP contribution is 2.50. The fourth-order valence-electron chi connectivity index (χ4n) is 3.74. The van der Waals surface area contributed by atoms with Crippen LogP contribution in [-0.2, 0) is 29.5 Å². The van der Waals surface area contributed by atoms with E-state index in [2.05, 4.69) is 0 Å². The number of halogens is 3. The van der Waals surface area contributed by atoms with E-state index in [1.54, 1.807) is 0 Å². The number of alkyl halides is 3. The second kappa shape index (κ2) is 6.08. The third-order valence-corrected chi connectivity index (χ3v) is 8.13. The maximum atomic E-state index is 12.3. The first-order valence-electron chi connectivity index (χ1n) is 7.52. The van der Waals surface area contributed by atoms with Crippen LogP contribution in [0.4, 0.5) is 13.2 Å². The van der Waals surface area contributed by atoms with E-state index in [9.17, 15) is 30.0 Å². The Bertz CT molecular complexity index is 688. The standard InChI is InChI=1S/C12H18F3NO6S2/c13-12(14,15)24(19,20)16-23(17,18)6-8-1-7-2-10(8)11(3-7)22-5-9-4-21-9/h7-11,16H,1-6H2. The van der Waals surface area contributed by atoms with Gasteiger partial charge >= 0.3 is 15.5 Å². The fourth-order valence-corrected chi connectivity index (χ4v) is 6.67. The third kappa shape index (κ3) is 4.03. The summed E-state index contributed by atoms with van der Waals surface area (Å²) in [4.78, 5) is 0. The number of epoxide rings is 1. The molecule has 3 rings (SSSR count). The number of nitrogens with one attached hydrogen (secondary N) is 1. The van der Waals surface area contributed by atoms with E-state index in [4.69, 9.17) is 9.47 Å². The van der Waals surface area contributed by atoms with Crippen LogP contribution in [0.15, 0.2) is 0 Å². The molecule has 1 heterocycles. The minimum atomic E-state index is -5.92. The Hall–Kier alpha value is -0.430. The molecule has 5 atom stereocenters. The van der Waals surface area contributed by atoms with Gasteiger partial charge in [-0.25, -0.2) is 16.8 Å². The van der Waals surface area contributed by atoms with Crippen LogP contribution in [0.25, 0.3) is 0 Å². The summed E-state index contributed by atoms with van der Waals surface area (Å²) < 4.78 is 94.2. The van der Waals surface area contributed by atoms with Crippen LogP contribution in [0, 0.1) is 17.8 Å². The Morgan fingerprint density at radius 3 is 2.33 bits per heavy atom. The summed E-state index contributed by atoms with van der Waals surface area (Å²) in [5, 5.41) is 0. The molecular formula is C12H18F3NO6S2. The van der Waals surface area contributed by atoms with Gasteiger partial charge in [-0.15, -0.1) is 4.13 Å². The highest BCUT2D eigenvalue weighted by molar-refractivity contribution is 8.05. The quantitative estimate of drug-likeness (QED) is 0.635. The van der Waals surface area contributed by atoms with E-state index in [-0.39, 0.29) is 24.0 Å². The molecule has 1 saturated heterocycles. The second-order valence-electron chi connectivity index (χ2n) is 6.64. The summed E-state index contributed by atoms with van der Waals surface area (Å²) in [6.07, 6.45) is 2.03. The molecule has 0 amide bonds. The van der Waals surface area contributed by atoms with Crippen molar-refractivity contribution in [3.8, 4) is 0 Å². The van der Waals surface area contributed by atoms with E-state index in [1.165, 1.54) is 0 Å². The molecule has 5 unspecified atom stereocenters. The molecule has 0 aromatic heterocycles. The van der Waals surface area contributed by atoms with E-state index < -0.39 is 37.2 Å². The van der Waals surface area contributed by atoms with Gasteiger partial charge in [-0.2, -0.15) is 13.2 Å². The number of hydrogen-bond acceptors (Lipinski definition) is 6. The molecule has 12 heteroatoms. The van der Waals surface area contributed by atoms with Gasteiger partial charge in [0.2, 0.25) is 10.0 Å². The minimum Gasteiger partial charge on any atom is -0.375 e. The minimum absolute atomic E-state index is 0.0740. The lowest BCUT2D eigenvalue weighted by Crippen LogP contribution is -2.43. The predicted octanol–water partition coefficient (Wildman–Crippen LogP) is 0.585. The lowest BCUT2D eigenvalue weighted by molar-refractivity contribution is -0.0441. The van der Waals surface area contributed by atoms with E-state index >= 15 is 0 Å². The van der Waals surface area contributed by atoms with Crippen molar-refractivity contribution in [3.63, 3.8) is 0 Å². The number of fused-ring (bicyclic) bond motifs is 2. The summed E-state index contributed by atoms with van der Waals surface area (Å²) in [5.74, 6) is -0.878. The summed E-state index contributed by atoms with van der Waals surface area (Å²) in [6, 6.07) is 0. The third-order valence-electron chi connectivity index (χ3n) is 4.76. The predicted molar refractivity (Wildman–Crippen MR) is 75.7 cm³/mol. The number of rotatable bonds is 7. The maximum Gasteiger partial charge on any atom is 0.512 e. The highest BCUT2D eigenvalue weighted by atomic mass is 32.3. The molecule has 0 radical (unpaired) electrons. The van der Waals surface area contributed by atoms with E-state index in [0.29, 0.717) is 19.6 Å². The molecule has 1 N–H and O–H groups in total. The van der Waals surface area contributed by atoms with Gasteiger partial charge in [0.15, 0.2) is 0 Å². The fraction of sp³-hybridized carbons (Fsp3) is 1.00. The topological polar surface area (TPSA) is 102 Å². The molecule has 0 aromatic carbocycles. The summed E-state index contributed by atoms with van der Waals surface area (Å²) >= 11 is 0. The highest BCUT2D eigenvalue weighted by Gasteiger charge is 2.51. The van der Waals surface area contributed by atoms with Crippen molar-refractivity contribution in [2.45, 2.75) is 37.0 Å². The van der Waals surface area contributed by atoms with Crippen molar-refractivity contribution in [1.29, 1.82) is 0 Å². The van der Waals surface area contributed by atoms with Crippen molar-refractivity contribution >= 4 is 20.0 Å². The molecule has 0 spiro atoms. The Morgan fingerprint density at radius 1 is 1.12 bits per heavy atom. The first-order valence-corrected chi connectivity index (χ1v) is 10.7. The van der Waals surface area contributed by atoms with Crippen LogP contribution in [0.3, 0.4) is 0 Å². The maximum absolute atomic E-state index is 12.3. The molecule has 3 fully saturated rings. The van der Waals surface area contributed by atoms with Crippen molar-refractivity contribution in [1.82, 2.24) is 4.13 Å². The van der Waals surface area contributed by atoms with Crippen LogP contribution in [0.5, 0.6) is 0 Å². The zero-order valence-electron chi connectivity index (χ0n) is 12.5. The average Bonchev–Trinajstić information content (AvgIpc) is 3.04. The van der Waals surface area contributed by atoms with E-state index in [1.807, 2.05) is 0 Å². The molecule has 24 heavy (non-hydrogen) atoms. The van der Waals surface area contributed by atoms with Gasteiger partial charge < -0.3 is 9.47 Å². The summed E-state index contributed by atoms with van der Waals surface area (Å²) in [6.45, 7) is 1.06. The second-order valence-corrected chi connectivity index (χ2v) is 10.3. The van der Waals surface area contributed by atoms with Crippen LogP contribution in [-0.4, -0.2) is 53.5 Å². The van der Waals surface area contributed by atoms with Crippen molar-refractivity contribution in [3.05, 3.63) is 0 Å². The Kier molecular flexibility index (Phi) is 4.65. The monoisotopic (exact) mass is 393 g/mol. The van der Waals surface area contributed by atoms with Crippen molar-refractivity contribution in [2.24, 2.45) is 17.8 Å². The van der Waals surface area contributed by atoms with Crippen LogP contribution >= 0.6 is 0 Å². The van der Waals surface area contributed by atoms with Gasteiger partial charge in [-0.05, 0) is 37.0 Å². The van der Waals surface area contributed by atoms with Gasteiger partial charge in [0, 0.05) is 0 Å². The molecule has 3 aliphatic rings. The number of sulfonamides is 2. The smallest absolute Gasteiger partial charge is 0.375 e. The van der Waals surface area contributed by atoms with Gasteiger partial charge in [-0.1, -0.05) is 0 Å². The average molecular weight is 393 g/mol. The molecule has 7 nitrogen and oxygen atoms in total. The van der Waals surface area contributed by atoms with Gasteiger partial charge in [-0.3, -0.25) is 0 Å². The van der Waals surface area contributed by atoms with Gasteiger partial charge in [0.1, 0.15) is 6.10 Å². The Morgan fingerprint density at radius 2 is 1.79 bits per heavy atom. The molecule has 1 aliphatic heterocycles. The Balaban J connectivity index is 1.60. The van der Waals surface area contributed by atoms with Crippen molar-refractivity contribution in [2.75, 3.05) is 19.0 Å². The molecule has 2 bridgehead atoms. The largest absolute Gasteiger partial charge is 0.512 e. The lowest BCUT2D eigenvalue weighted by Gasteiger charge is -2.29. The zero-order valence-corrected chi connectivity index (χ0v) is 14.2. The lowest BCUT2D eigenvalue weighted by atomic mass is 9.88. The molecule has 2 saturated carbocycles. The molecular weight excluding hydrogens is 375 g/mol. The molecule has 140 valence electrons. The molecule has 0 aromatic rings. The van der Waals surface area contributed by atoms with Crippen LogP contribution in [0.1, 0.15) is 19.3 Å². The number of hydrogen-bond donors (Lipinski definition) is 1. The first kappa shape index (κ1) is 18.4. The SMILES string of the molecule is O=S(=O)(CC1CC2CC(OCC3CO3)C1C2)NS(=O)(=O)C(F)(F)F. The Labute approximate surface area is 138 Å². The normalized spacial score (nSPS) is 36.2. The number of ether oxygens (including phenoxy) is 2. The summed E-state index contributed by atoms with van der Waals surface area (Å²) in [7, 11) is -10.5. The first-order chi connectivity index (χ1) is 11.0. The summed E-state index contributed by atoms with van der Waals surface area (Å²) in [5.41, 5.74) is -5.66.